The molecule has 48 heavy (non-hydrogen) atoms. The molecule has 3 aliphatic rings. The number of pyridine rings is 2. The highest BCUT2D eigenvalue weighted by molar-refractivity contribution is 6.39. The van der Waals surface area contributed by atoms with Crippen molar-refractivity contribution >= 4 is 51.4 Å². The summed E-state index contributed by atoms with van der Waals surface area (Å²) in [5.41, 5.74) is 5.18. The molecule has 1 aliphatic carbocycles. The second-order valence-electron chi connectivity index (χ2n) is 12.5. The number of aryl methyl sites for hydroxylation is 2. The van der Waals surface area contributed by atoms with Gasteiger partial charge in [-0.1, -0.05) is 53.5 Å². The molecular formula is C35H31Cl2N7O4. The quantitative estimate of drug-likeness (QED) is 0.245. The first kappa shape index (κ1) is 30.8. The van der Waals surface area contributed by atoms with E-state index in [1.807, 2.05) is 36.4 Å². The molecule has 1 spiro atoms. The van der Waals surface area contributed by atoms with Gasteiger partial charge in [-0.25, -0.2) is 14.6 Å². The number of nitrogens with zero attached hydrogens (tertiary/aromatic N) is 5. The number of rotatable bonds is 6. The zero-order chi connectivity index (χ0) is 33.2. The van der Waals surface area contributed by atoms with E-state index < -0.39 is 0 Å². The molecule has 0 radical (unpaired) electrons. The third kappa shape index (κ3) is 5.09. The van der Waals surface area contributed by atoms with E-state index in [0.29, 0.717) is 56.0 Å². The Morgan fingerprint density at radius 3 is 2.60 bits per heavy atom. The molecule has 2 fully saturated rings. The number of hydrogen-bond acceptors (Lipinski definition) is 9. The Balaban J connectivity index is 1.10. The molecule has 0 bridgehead atoms. The van der Waals surface area contributed by atoms with Crippen LogP contribution in [-0.4, -0.2) is 69.5 Å². The fraction of sp³-hybridized carbons (Fsp3) is 0.286. The molecule has 2 aromatic carbocycles. The van der Waals surface area contributed by atoms with Gasteiger partial charge in [0.05, 0.1) is 40.1 Å². The minimum Gasteiger partial charge on any atom is -0.481 e. The molecule has 3 aromatic heterocycles. The maximum absolute atomic E-state index is 12.9. The Morgan fingerprint density at radius 1 is 1.06 bits per heavy atom. The highest BCUT2D eigenvalue weighted by Gasteiger charge is 2.50. The zero-order valence-corrected chi connectivity index (χ0v) is 27.7. The van der Waals surface area contributed by atoms with Crippen molar-refractivity contribution in [3.63, 3.8) is 0 Å². The molecule has 2 saturated heterocycles. The first-order valence-corrected chi connectivity index (χ1v) is 16.4. The largest absolute Gasteiger partial charge is 0.481 e. The molecule has 11 nitrogen and oxygen atoms in total. The summed E-state index contributed by atoms with van der Waals surface area (Å²) in [5.74, 6) is 0.898. The molecule has 244 valence electrons. The lowest BCUT2D eigenvalue weighted by atomic mass is 9.89. The molecular weight excluding hydrogens is 653 g/mol. The number of benzene rings is 2. The van der Waals surface area contributed by atoms with Crippen molar-refractivity contribution in [1.29, 1.82) is 0 Å². The average Bonchev–Trinajstić information content (AvgIpc) is 3.50. The number of halogens is 2. The van der Waals surface area contributed by atoms with Crippen molar-refractivity contribution in [2.75, 3.05) is 38.7 Å². The van der Waals surface area contributed by atoms with Gasteiger partial charge in [0, 0.05) is 66.6 Å². The number of ether oxygens (including phenoxy) is 2. The number of hydrogen-bond donors (Lipinski definition) is 2. The highest BCUT2D eigenvalue weighted by Crippen LogP contribution is 2.47. The molecule has 1 amide bonds. The van der Waals surface area contributed by atoms with Crippen LogP contribution in [0, 0.1) is 0 Å². The van der Waals surface area contributed by atoms with Gasteiger partial charge >= 0.3 is 0 Å². The molecule has 13 heteroatoms. The van der Waals surface area contributed by atoms with E-state index in [2.05, 4.69) is 31.7 Å². The van der Waals surface area contributed by atoms with E-state index in [1.54, 1.807) is 32.6 Å². The van der Waals surface area contributed by atoms with E-state index in [-0.39, 0.29) is 29.7 Å². The van der Waals surface area contributed by atoms with Gasteiger partial charge in [0.15, 0.2) is 0 Å². The van der Waals surface area contributed by atoms with Crippen LogP contribution in [0.2, 0.25) is 10.0 Å². The molecule has 2 aliphatic heterocycles. The Bertz CT molecular complexity index is 2170. The predicted octanol–water partition coefficient (Wildman–Crippen LogP) is 5.30. The number of carbonyl (C=O) groups excluding carboxylic acids is 1. The lowest BCUT2D eigenvalue weighted by molar-refractivity contribution is -0.179. The SMILES string of the molecule is COc1nc(-c2cccc(-c3cccc(Nc4nccc5cnn(C)c(=O)c45)c3Cl)c2Cl)cc2c1[C@H](N1CC3(CNC(=O)CO3)C1)CC2. The molecule has 5 heterocycles. The maximum Gasteiger partial charge on any atom is 0.278 e. The van der Waals surface area contributed by atoms with Gasteiger partial charge in [-0.3, -0.25) is 14.5 Å². The van der Waals surface area contributed by atoms with Crippen molar-refractivity contribution in [1.82, 2.24) is 30.0 Å². The van der Waals surface area contributed by atoms with Gasteiger partial charge in [-0.15, -0.1) is 0 Å². The van der Waals surface area contributed by atoms with Gasteiger partial charge in [0.1, 0.15) is 18.0 Å². The van der Waals surface area contributed by atoms with Gasteiger partial charge < -0.3 is 20.1 Å². The number of aromatic nitrogens is 4. The van der Waals surface area contributed by atoms with Crippen molar-refractivity contribution in [3.05, 3.63) is 92.5 Å². The monoisotopic (exact) mass is 683 g/mol. The van der Waals surface area contributed by atoms with Crippen LogP contribution < -0.4 is 20.9 Å². The van der Waals surface area contributed by atoms with Gasteiger partial charge in [0.25, 0.3) is 5.56 Å². The summed E-state index contributed by atoms with van der Waals surface area (Å²) in [7, 11) is 3.24. The van der Waals surface area contributed by atoms with E-state index in [1.165, 1.54) is 10.2 Å². The third-order valence-electron chi connectivity index (χ3n) is 9.54. The Hall–Kier alpha value is -4.55. The minimum atomic E-state index is -0.320. The number of likely N-dealkylation sites (tertiary alicyclic amines) is 1. The summed E-state index contributed by atoms with van der Waals surface area (Å²) >= 11 is 14.2. The Kier molecular flexibility index (Phi) is 7.59. The number of nitrogens with one attached hydrogen (secondary N) is 2. The summed E-state index contributed by atoms with van der Waals surface area (Å²) in [6, 6.07) is 15.4. The summed E-state index contributed by atoms with van der Waals surface area (Å²) in [5, 5.41) is 12.3. The number of amides is 1. The van der Waals surface area contributed by atoms with Crippen LogP contribution in [0.5, 0.6) is 5.88 Å². The lowest BCUT2D eigenvalue weighted by Gasteiger charge is -2.53. The fourth-order valence-electron chi connectivity index (χ4n) is 7.11. The van der Waals surface area contributed by atoms with Gasteiger partial charge in [-0.2, -0.15) is 5.10 Å². The van der Waals surface area contributed by atoms with E-state index >= 15 is 0 Å². The average molecular weight is 685 g/mol. The summed E-state index contributed by atoms with van der Waals surface area (Å²) < 4.78 is 13.1. The minimum absolute atomic E-state index is 0.0672. The maximum atomic E-state index is 12.9. The Labute approximate surface area is 285 Å². The standard InChI is InChI=1S/C35H31Cl2N7O4/c1-43-34(46)29-20(14-40-43)11-12-38-32(29)41-24-8-4-6-22(31(24)37)21-5-3-7-23(30(21)36)25-13-19-9-10-26(28(19)33(42-25)47-2)44-17-35(18-44)16-39-27(45)15-48-35/h3-8,11-14,26H,9-10,15-18H2,1-2H3,(H,38,41)(H,39,45)/t26-/m1/s1. The van der Waals surface area contributed by atoms with Crippen molar-refractivity contribution < 1.29 is 14.3 Å². The van der Waals surface area contributed by atoms with E-state index in [0.717, 1.165) is 42.6 Å². The van der Waals surface area contributed by atoms with Crippen LogP contribution >= 0.6 is 23.2 Å². The highest BCUT2D eigenvalue weighted by atomic mass is 35.5. The lowest BCUT2D eigenvalue weighted by Crippen LogP contribution is -2.70. The predicted molar refractivity (Wildman–Crippen MR) is 184 cm³/mol. The van der Waals surface area contributed by atoms with Crippen LogP contribution in [0.1, 0.15) is 23.6 Å². The van der Waals surface area contributed by atoms with Crippen LogP contribution in [0.4, 0.5) is 11.5 Å². The number of methoxy groups -OCH3 is 1. The molecule has 5 aromatic rings. The van der Waals surface area contributed by atoms with Crippen molar-refractivity contribution in [2.45, 2.75) is 24.5 Å². The first-order valence-electron chi connectivity index (χ1n) is 15.6. The second-order valence-corrected chi connectivity index (χ2v) is 13.2. The van der Waals surface area contributed by atoms with Crippen LogP contribution in [0.25, 0.3) is 33.2 Å². The van der Waals surface area contributed by atoms with Crippen molar-refractivity contribution in [2.24, 2.45) is 7.05 Å². The number of carbonyl (C=O) groups is 1. The van der Waals surface area contributed by atoms with E-state index in [9.17, 15) is 9.59 Å². The topological polar surface area (TPSA) is 124 Å². The molecule has 1 atom stereocenters. The number of fused-ring (bicyclic) bond motifs is 2. The normalized spacial score (nSPS) is 18.4. The summed E-state index contributed by atoms with van der Waals surface area (Å²) in [4.78, 5) is 36.3. The van der Waals surface area contributed by atoms with Gasteiger partial charge in [-0.05, 0) is 36.6 Å². The first-order chi connectivity index (χ1) is 23.2. The molecule has 2 N–H and O–H groups in total. The molecule has 8 rings (SSSR count). The van der Waals surface area contributed by atoms with Crippen molar-refractivity contribution in [3.8, 4) is 28.3 Å². The second kappa shape index (κ2) is 11.9. The zero-order valence-electron chi connectivity index (χ0n) is 26.2. The smallest absolute Gasteiger partial charge is 0.278 e. The fourth-order valence-corrected chi connectivity index (χ4v) is 7.71. The molecule has 0 saturated carbocycles. The van der Waals surface area contributed by atoms with Crippen LogP contribution in [0.15, 0.2) is 65.7 Å². The van der Waals surface area contributed by atoms with E-state index in [4.69, 9.17) is 37.7 Å². The molecule has 0 unspecified atom stereocenters. The number of morpholine rings is 1. The number of anilines is 2. The summed E-state index contributed by atoms with van der Waals surface area (Å²) in [6.07, 6.45) is 5.07. The van der Waals surface area contributed by atoms with Crippen LogP contribution in [0.3, 0.4) is 0 Å². The summed E-state index contributed by atoms with van der Waals surface area (Å²) in [6.45, 7) is 2.13. The van der Waals surface area contributed by atoms with Gasteiger partial charge in [0.2, 0.25) is 11.8 Å². The third-order valence-corrected chi connectivity index (χ3v) is 10.4. The van der Waals surface area contributed by atoms with Crippen LogP contribution in [-0.2, 0) is 23.0 Å². The Morgan fingerprint density at radius 2 is 1.83 bits per heavy atom.